The third kappa shape index (κ3) is 4.23. The minimum absolute atomic E-state index is 0.335. The lowest BCUT2D eigenvalue weighted by Crippen LogP contribution is -2.09. The number of hydrazone groups is 1. The molecule has 6 nitrogen and oxygen atoms in total. The Morgan fingerprint density at radius 2 is 1.91 bits per heavy atom. The van der Waals surface area contributed by atoms with Crippen LogP contribution in [0, 0.1) is 0 Å². The number of rotatable bonds is 6. The number of nitrogens with zero attached hydrogens (tertiary/aromatic N) is 1. The largest absolute Gasteiger partial charge is 0.497 e. The van der Waals surface area contributed by atoms with Crippen LogP contribution in [0.4, 0.5) is 0 Å². The Morgan fingerprint density at radius 1 is 1.17 bits per heavy atom. The van der Waals surface area contributed by atoms with Crippen molar-refractivity contribution in [2.24, 2.45) is 10.9 Å². The van der Waals surface area contributed by atoms with E-state index >= 15 is 0 Å². The average Bonchev–Trinajstić information content (AvgIpc) is 2.57. The van der Waals surface area contributed by atoms with Crippen molar-refractivity contribution in [3.05, 3.63) is 53.6 Å². The third-order valence-electron chi connectivity index (χ3n) is 3.02. The fraction of sp³-hybridized carbons (Fsp3) is 0.176. The average molecular weight is 314 g/mol. The topological polar surface area (TPSA) is 83.1 Å². The Bertz CT molecular complexity index is 696. The molecule has 2 aromatic rings. The Kier molecular flexibility index (Phi) is 5.57. The van der Waals surface area contributed by atoms with E-state index in [-0.39, 0.29) is 0 Å². The van der Waals surface area contributed by atoms with E-state index in [9.17, 15) is 4.79 Å². The highest BCUT2D eigenvalue weighted by molar-refractivity contribution is 5.91. The van der Waals surface area contributed by atoms with Gasteiger partial charge in [0.15, 0.2) is 11.5 Å². The molecule has 2 rings (SSSR count). The number of benzene rings is 2. The van der Waals surface area contributed by atoms with Crippen molar-refractivity contribution < 1.29 is 19.0 Å². The van der Waals surface area contributed by atoms with Gasteiger partial charge in [-0.1, -0.05) is 0 Å². The van der Waals surface area contributed by atoms with Crippen LogP contribution in [0.2, 0.25) is 0 Å². The molecule has 0 saturated carbocycles. The van der Waals surface area contributed by atoms with Crippen LogP contribution >= 0.6 is 0 Å². The molecule has 2 N–H and O–H groups in total. The zero-order valence-electron chi connectivity index (χ0n) is 13.0. The molecule has 6 heteroatoms. The molecular weight excluding hydrogens is 296 g/mol. The fourth-order valence-electron chi connectivity index (χ4n) is 1.93. The van der Waals surface area contributed by atoms with E-state index in [1.165, 1.54) is 6.21 Å². The molecule has 0 amide bonds. The van der Waals surface area contributed by atoms with Crippen LogP contribution in [0.3, 0.4) is 0 Å². The lowest BCUT2D eigenvalue weighted by Gasteiger charge is -2.11. The van der Waals surface area contributed by atoms with Crippen LogP contribution < -0.4 is 20.1 Å². The van der Waals surface area contributed by atoms with Crippen molar-refractivity contribution in [2.75, 3.05) is 13.7 Å². The van der Waals surface area contributed by atoms with Crippen LogP contribution in [-0.4, -0.2) is 25.9 Å². The molecule has 0 fully saturated rings. The number of hydrogen-bond acceptors (Lipinski definition) is 6. The molecule has 23 heavy (non-hydrogen) atoms. The first-order valence-electron chi connectivity index (χ1n) is 7.04. The van der Waals surface area contributed by atoms with Crippen LogP contribution in [0.15, 0.2) is 47.6 Å². The van der Waals surface area contributed by atoms with Gasteiger partial charge >= 0.3 is 5.97 Å². The predicted molar refractivity (Wildman–Crippen MR) is 87.3 cm³/mol. The van der Waals surface area contributed by atoms with Crippen molar-refractivity contribution in [3.63, 3.8) is 0 Å². The number of carbonyl (C=O) groups is 1. The molecule has 0 aromatic heterocycles. The molecule has 0 heterocycles. The van der Waals surface area contributed by atoms with Gasteiger partial charge in [-0.25, -0.2) is 4.79 Å². The first-order chi connectivity index (χ1) is 11.2. The highest BCUT2D eigenvalue weighted by Crippen LogP contribution is 2.29. The normalized spacial score (nSPS) is 10.5. The molecule has 0 aliphatic rings. The van der Waals surface area contributed by atoms with Gasteiger partial charge < -0.3 is 20.1 Å². The lowest BCUT2D eigenvalue weighted by atomic mass is 10.2. The van der Waals surface area contributed by atoms with Gasteiger partial charge in [-0.2, -0.15) is 5.10 Å². The van der Waals surface area contributed by atoms with Crippen molar-refractivity contribution in [1.82, 2.24) is 0 Å². The predicted octanol–water partition coefficient (Wildman–Crippen LogP) is 2.61. The minimum atomic E-state index is -0.478. The van der Waals surface area contributed by atoms with Gasteiger partial charge in [-0.15, -0.1) is 0 Å². The molecule has 0 bridgehead atoms. The van der Waals surface area contributed by atoms with Gasteiger partial charge in [0, 0.05) is 0 Å². The van der Waals surface area contributed by atoms with E-state index in [1.54, 1.807) is 49.6 Å². The first-order valence-corrected chi connectivity index (χ1v) is 7.04. The standard InChI is InChI=1S/C17H18N2O4/c1-3-22-16-10-12(11-19-18)4-9-15(16)23-17(20)13-5-7-14(21-2)8-6-13/h4-11H,3,18H2,1-2H3. The van der Waals surface area contributed by atoms with E-state index in [0.29, 0.717) is 29.4 Å². The fourth-order valence-corrected chi connectivity index (χ4v) is 1.93. The molecule has 0 aliphatic heterocycles. The minimum Gasteiger partial charge on any atom is -0.497 e. The number of esters is 1. The second-order valence-corrected chi connectivity index (χ2v) is 4.54. The Morgan fingerprint density at radius 3 is 2.52 bits per heavy atom. The van der Waals surface area contributed by atoms with Crippen molar-refractivity contribution in [1.29, 1.82) is 0 Å². The second kappa shape index (κ2) is 7.84. The number of nitrogens with two attached hydrogens (primary N) is 1. The quantitative estimate of drug-likeness (QED) is 0.291. The number of methoxy groups -OCH3 is 1. The summed E-state index contributed by atoms with van der Waals surface area (Å²) in [6.07, 6.45) is 1.48. The van der Waals surface area contributed by atoms with Gasteiger partial charge in [0.1, 0.15) is 5.75 Å². The molecule has 0 aliphatic carbocycles. The number of ether oxygens (including phenoxy) is 3. The van der Waals surface area contributed by atoms with Gasteiger partial charge in [0.25, 0.3) is 0 Å². The summed E-state index contributed by atoms with van der Waals surface area (Å²) in [4.78, 5) is 12.2. The Labute approximate surface area is 134 Å². The van der Waals surface area contributed by atoms with Crippen LogP contribution in [0.5, 0.6) is 17.2 Å². The maximum atomic E-state index is 12.2. The number of carbonyl (C=O) groups excluding carboxylic acids is 1. The van der Waals surface area contributed by atoms with E-state index in [0.717, 1.165) is 5.56 Å². The first kappa shape index (κ1) is 16.4. The third-order valence-corrected chi connectivity index (χ3v) is 3.02. The van der Waals surface area contributed by atoms with Gasteiger partial charge in [0.05, 0.1) is 25.5 Å². The molecule has 0 spiro atoms. The van der Waals surface area contributed by atoms with Crippen molar-refractivity contribution >= 4 is 12.2 Å². The molecular formula is C17H18N2O4. The molecule has 0 saturated heterocycles. The summed E-state index contributed by atoms with van der Waals surface area (Å²) in [6, 6.07) is 11.7. The molecule has 0 atom stereocenters. The lowest BCUT2D eigenvalue weighted by molar-refractivity contribution is 0.0728. The monoisotopic (exact) mass is 314 g/mol. The Hall–Kier alpha value is -3.02. The van der Waals surface area contributed by atoms with Gasteiger partial charge in [-0.3, -0.25) is 0 Å². The Balaban J connectivity index is 2.21. The van der Waals surface area contributed by atoms with Crippen molar-refractivity contribution in [2.45, 2.75) is 6.92 Å². The summed E-state index contributed by atoms with van der Waals surface area (Å²) < 4.78 is 16.0. The van der Waals surface area contributed by atoms with Crippen LogP contribution in [0.1, 0.15) is 22.8 Å². The molecule has 120 valence electrons. The number of hydrogen-bond donors (Lipinski definition) is 1. The van der Waals surface area contributed by atoms with E-state index < -0.39 is 5.97 Å². The summed E-state index contributed by atoms with van der Waals surface area (Å²) >= 11 is 0. The summed E-state index contributed by atoms with van der Waals surface area (Å²) in [5, 5.41) is 3.46. The highest BCUT2D eigenvalue weighted by Gasteiger charge is 2.13. The summed E-state index contributed by atoms with van der Waals surface area (Å²) in [5.74, 6) is 6.11. The molecule has 0 unspecified atom stereocenters. The summed E-state index contributed by atoms with van der Waals surface area (Å²) in [6.45, 7) is 2.29. The van der Waals surface area contributed by atoms with E-state index in [4.69, 9.17) is 20.1 Å². The maximum Gasteiger partial charge on any atom is 0.343 e. The van der Waals surface area contributed by atoms with Gasteiger partial charge in [0.2, 0.25) is 0 Å². The zero-order chi connectivity index (χ0) is 16.7. The highest BCUT2D eigenvalue weighted by atomic mass is 16.6. The smallest absolute Gasteiger partial charge is 0.343 e. The second-order valence-electron chi connectivity index (χ2n) is 4.54. The summed E-state index contributed by atoms with van der Waals surface area (Å²) in [7, 11) is 1.56. The summed E-state index contributed by atoms with van der Waals surface area (Å²) in [5.41, 5.74) is 1.17. The van der Waals surface area contributed by atoms with Crippen molar-refractivity contribution in [3.8, 4) is 17.2 Å². The molecule has 0 radical (unpaired) electrons. The van der Waals surface area contributed by atoms with E-state index in [1.807, 2.05) is 6.92 Å². The van der Waals surface area contributed by atoms with Crippen LogP contribution in [-0.2, 0) is 0 Å². The van der Waals surface area contributed by atoms with Crippen LogP contribution in [0.25, 0.3) is 0 Å². The SMILES string of the molecule is CCOc1cc(C=NN)ccc1OC(=O)c1ccc(OC)cc1. The maximum absolute atomic E-state index is 12.2. The van der Waals surface area contributed by atoms with E-state index in [2.05, 4.69) is 5.10 Å². The van der Waals surface area contributed by atoms with Gasteiger partial charge in [-0.05, 0) is 55.0 Å². The molecule has 2 aromatic carbocycles. The zero-order valence-corrected chi connectivity index (χ0v) is 13.0.